The van der Waals surface area contributed by atoms with Crippen molar-refractivity contribution in [2.24, 2.45) is 5.41 Å². The van der Waals surface area contributed by atoms with Crippen LogP contribution in [-0.2, 0) is 11.2 Å². The number of aliphatic hydroxyl groups is 1. The van der Waals surface area contributed by atoms with E-state index in [2.05, 4.69) is 0 Å². The van der Waals surface area contributed by atoms with E-state index in [4.69, 9.17) is 9.84 Å². The van der Waals surface area contributed by atoms with Crippen LogP contribution in [0.2, 0.25) is 0 Å². The third kappa shape index (κ3) is 2.48. The Kier molecular flexibility index (Phi) is 3.30. The lowest BCUT2D eigenvalue weighted by atomic mass is 9.95. The molecule has 0 aliphatic heterocycles. The van der Waals surface area contributed by atoms with Crippen molar-refractivity contribution in [2.75, 3.05) is 6.61 Å². The Morgan fingerprint density at radius 3 is 2.89 bits per heavy atom. The number of aliphatic carboxylic acids is 1. The molecule has 0 fully saturated rings. The van der Waals surface area contributed by atoms with Crippen LogP contribution in [0, 0.1) is 5.41 Å². The van der Waals surface area contributed by atoms with E-state index in [0.717, 1.165) is 24.0 Å². The predicted octanol–water partition coefficient (Wildman–Crippen LogP) is 2.16. The first-order valence-electron chi connectivity index (χ1n) is 6.07. The lowest BCUT2D eigenvalue weighted by molar-refractivity contribution is -0.148. The fourth-order valence-corrected chi connectivity index (χ4v) is 1.99. The standard InChI is InChI=1S/C14H18O4/c1-14(2,13(16)17)8-18-10-4-5-11-9(7-10)3-6-12(11)15/h4-5,7,12,15H,3,6,8H2,1-2H3,(H,16,17)/t12-/m1/s1. The number of aryl methyl sites for hydroxylation is 1. The number of benzene rings is 1. The summed E-state index contributed by atoms with van der Waals surface area (Å²) in [5, 5.41) is 18.7. The Bertz CT molecular complexity index is 465. The summed E-state index contributed by atoms with van der Waals surface area (Å²) in [4.78, 5) is 11.0. The third-order valence-corrected chi connectivity index (χ3v) is 3.34. The number of fused-ring (bicyclic) bond motifs is 1. The second-order valence-electron chi connectivity index (χ2n) is 5.39. The molecule has 0 radical (unpaired) electrons. The zero-order chi connectivity index (χ0) is 13.3. The van der Waals surface area contributed by atoms with E-state index in [1.807, 2.05) is 12.1 Å². The highest BCUT2D eigenvalue weighted by Crippen LogP contribution is 2.33. The van der Waals surface area contributed by atoms with E-state index in [-0.39, 0.29) is 12.7 Å². The van der Waals surface area contributed by atoms with Crippen molar-refractivity contribution in [3.63, 3.8) is 0 Å². The molecule has 18 heavy (non-hydrogen) atoms. The van der Waals surface area contributed by atoms with Gasteiger partial charge in [0.15, 0.2) is 0 Å². The molecular formula is C14H18O4. The maximum absolute atomic E-state index is 11.0. The zero-order valence-corrected chi connectivity index (χ0v) is 10.6. The van der Waals surface area contributed by atoms with Gasteiger partial charge < -0.3 is 14.9 Å². The first-order valence-corrected chi connectivity index (χ1v) is 6.07. The Labute approximate surface area is 106 Å². The quantitative estimate of drug-likeness (QED) is 0.859. The molecule has 1 aliphatic rings. The van der Waals surface area contributed by atoms with Crippen LogP contribution in [0.5, 0.6) is 5.75 Å². The summed E-state index contributed by atoms with van der Waals surface area (Å²) in [6.07, 6.45) is 1.22. The smallest absolute Gasteiger partial charge is 0.312 e. The summed E-state index contributed by atoms with van der Waals surface area (Å²) in [6, 6.07) is 5.53. The van der Waals surface area contributed by atoms with E-state index in [0.29, 0.717) is 5.75 Å². The molecular weight excluding hydrogens is 232 g/mol. The molecule has 1 aromatic carbocycles. The van der Waals surface area contributed by atoms with Crippen molar-refractivity contribution in [3.8, 4) is 5.75 Å². The predicted molar refractivity (Wildman–Crippen MR) is 66.6 cm³/mol. The highest BCUT2D eigenvalue weighted by Gasteiger charge is 2.28. The first-order chi connectivity index (χ1) is 8.40. The van der Waals surface area contributed by atoms with Gasteiger partial charge in [-0.1, -0.05) is 6.07 Å². The van der Waals surface area contributed by atoms with Gasteiger partial charge in [-0.2, -0.15) is 0 Å². The van der Waals surface area contributed by atoms with Gasteiger partial charge in [0.2, 0.25) is 0 Å². The summed E-state index contributed by atoms with van der Waals surface area (Å²) in [5.41, 5.74) is 1.14. The molecule has 4 heteroatoms. The SMILES string of the molecule is CC(C)(COc1ccc2c(c1)CC[C@H]2O)C(=O)O. The molecule has 0 spiro atoms. The largest absolute Gasteiger partial charge is 0.492 e. The van der Waals surface area contributed by atoms with Gasteiger partial charge in [-0.25, -0.2) is 0 Å². The van der Waals surface area contributed by atoms with E-state index in [1.54, 1.807) is 19.9 Å². The van der Waals surface area contributed by atoms with Crippen molar-refractivity contribution >= 4 is 5.97 Å². The van der Waals surface area contributed by atoms with E-state index < -0.39 is 11.4 Å². The first kappa shape index (κ1) is 12.9. The van der Waals surface area contributed by atoms with Crippen LogP contribution in [0.1, 0.15) is 37.5 Å². The zero-order valence-electron chi connectivity index (χ0n) is 10.6. The molecule has 0 saturated carbocycles. The molecule has 98 valence electrons. The lowest BCUT2D eigenvalue weighted by Gasteiger charge is -2.19. The van der Waals surface area contributed by atoms with Crippen LogP contribution >= 0.6 is 0 Å². The van der Waals surface area contributed by atoms with E-state index in [9.17, 15) is 9.90 Å². The Morgan fingerprint density at radius 2 is 2.22 bits per heavy atom. The molecule has 0 amide bonds. The Hall–Kier alpha value is -1.55. The Morgan fingerprint density at radius 1 is 1.50 bits per heavy atom. The number of carbonyl (C=O) groups is 1. The molecule has 0 aromatic heterocycles. The van der Waals surface area contributed by atoms with Gasteiger partial charge in [-0.3, -0.25) is 4.79 Å². The second kappa shape index (κ2) is 4.61. The van der Waals surface area contributed by atoms with Gasteiger partial charge in [-0.15, -0.1) is 0 Å². The lowest BCUT2D eigenvalue weighted by Crippen LogP contribution is -2.30. The highest BCUT2D eigenvalue weighted by molar-refractivity contribution is 5.73. The van der Waals surface area contributed by atoms with Gasteiger partial charge in [0.25, 0.3) is 0 Å². The molecule has 2 rings (SSSR count). The minimum absolute atomic E-state index is 0.129. The topological polar surface area (TPSA) is 66.8 Å². The summed E-state index contributed by atoms with van der Waals surface area (Å²) in [7, 11) is 0. The van der Waals surface area contributed by atoms with Crippen LogP contribution in [-0.4, -0.2) is 22.8 Å². The van der Waals surface area contributed by atoms with Crippen molar-refractivity contribution in [1.82, 2.24) is 0 Å². The van der Waals surface area contributed by atoms with Crippen LogP contribution in [0.3, 0.4) is 0 Å². The minimum Gasteiger partial charge on any atom is -0.492 e. The van der Waals surface area contributed by atoms with Crippen LogP contribution in [0.15, 0.2) is 18.2 Å². The molecule has 0 unspecified atom stereocenters. The fourth-order valence-electron chi connectivity index (χ4n) is 1.99. The number of carboxylic acid groups (broad SMARTS) is 1. The number of aliphatic hydroxyl groups excluding tert-OH is 1. The van der Waals surface area contributed by atoms with Crippen LogP contribution < -0.4 is 4.74 Å². The minimum atomic E-state index is -0.904. The maximum Gasteiger partial charge on any atom is 0.312 e. The molecule has 2 N–H and O–H groups in total. The van der Waals surface area contributed by atoms with Crippen LogP contribution in [0.25, 0.3) is 0 Å². The average Bonchev–Trinajstić information content (AvgIpc) is 2.68. The van der Waals surface area contributed by atoms with Crippen molar-refractivity contribution in [1.29, 1.82) is 0 Å². The van der Waals surface area contributed by atoms with Gasteiger partial charge in [0.1, 0.15) is 12.4 Å². The van der Waals surface area contributed by atoms with Gasteiger partial charge >= 0.3 is 5.97 Å². The van der Waals surface area contributed by atoms with Crippen molar-refractivity contribution < 1.29 is 19.7 Å². The monoisotopic (exact) mass is 250 g/mol. The average molecular weight is 250 g/mol. The number of hydrogen-bond acceptors (Lipinski definition) is 3. The molecule has 0 heterocycles. The fraction of sp³-hybridized carbons (Fsp3) is 0.500. The summed E-state index contributed by atoms with van der Waals surface area (Å²) in [6.45, 7) is 3.39. The number of hydrogen-bond donors (Lipinski definition) is 2. The van der Waals surface area contributed by atoms with Crippen molar-refractivity contribution in [3.05, 3.63) is 29.3 Å². The molecule has 0 saturated heterocycles. The normalized spacial score (nSPS) is 18.5. The molecule has 0 bridgehead atoms. The van der Waals surface area contributed by atoms with Gasteiger partial charge in [-0.05, 0) is 49.9 Å². The number of rotatable bonds is 4. The Balaban J connectivity index is 2.06. The summed E-state index contributed by atoms with van der Waals surface area (Å²) in [5.74, 6) is -0.212. The highest BCUT2D eigenvalue weighted by atomic mass is 16.5. The maximum atomic E-state index is 11.0. The van der Waals surface area contributed by atoms with Gasteiger partial charge in [0.05, 0.1) is 11.5 Å². The van der Waals surface area contributed by atoms with Crippen LogP contribution in [0.4, 0.5) is 0 Å². The number of ether oxygens (including phenoxy) is 1. The number of carboxylic acids is 1. The summed E-state index contributed by atoms with van der Waals surface area (Å²) < 4.78 is 5.53. The summed E-state index contributed by atoms with van der Waals surface area (Å²) >= 11 is 0. The van der Waals surface area contributed by atoms with Crippen molar-refractivity contribution in [2.45, 2.75) is 32.8 Å². The molecule has 4 nitrogen and oxygen atoms in total. The third-order valence-electron chi connectivity index (χ3n) is 3.34. The van der Waals surface area contributed by atoms with E-state index >= 15 is 0 Å². The van der Waals surface area contributed by atoms with E-state index in [1.165, 1.54) is 0 Å². The van der Waals surface area contributed by atoms with Gasteiger partial charge in [0, 0.05) is 0 Å². The second-order valence-corrected chi connectivity index (χ2v) is 5.39. The molecule has 1 aliphatic carbocycles. The molecule has 1 atom stereocenters. The molecule has 1 aromatic rings.